The number of fused-ring (bicyclic) bond motifs is 3. The van der Waals surface area contributed by atoms with Crippen LogP contribution in [0.15, 0.2) is 0 Å². The number of anilines is 3. The van der Waals surface area contributed by atoms with E-state index in [1.807, 2.05) is 0 Å². The summed E-state index contributed by atoms with van der Waals surface area (Å²) in [4.78, 5) is 64.0. The first-order valence-electron chi connectivity index (χ1n) is 16.4. The molecule has 4 rings (SSSR count). The van der Waals surface area contributed by atoms with Crippen LogP contribution in [0.3, 0.4) is 0 Å². The van der Waals surface area contributed by atoms with Crippen molar-refractivity contribution in [2.24, 2.45) is 0 Å². The minimum atomic E-state index is -4.29. The van der Waals surface area contributed by atoms with E-state index in [1.165, 1.54) is 41.5 Å². The zero-order chi connectivity index (χ0) is 40.3. The van der Waals surface area contributed by atoms with Crippen molar-refractivity contribution in [1.29, 1.82) is 0 Å². The molecule has 4 heterocycles. The Morgan fingerprint density at radius 2 is 1.40 bits per heavy atom. The molecule has 21 nitrogen and oxygen atoms in total. The van der Waals surface area contributed by atoms with Crippen LogP contribution in [-0.2, 0) is 41.8 Å². The Labute approximate surface area is 306 Å². The van der Waals surface area contributed by atoms with Gasteiger partial charge in [0.15, 0.2) is 18.1 Å². The van der Waals surface area contributed by atoms with E-state index >= 15 is 0 Å². The van der Waals surface area contributed by atoms with Crippen LogP contribution >= 0.6 is 7.82 Å². The summed E-state index contributed by atoms with van der Waals surface area (Å²) in [7, 11) is -3.27. The monoisotopic (exact) mass is 777 g/mol. The number of amides is 3. The smallest absolute Gasteiger partial charge is 0.443 e. The zero-order valence-electron chi connectivity index (χ0n) is 31.9. The fourth-order valence-corrected chi connectivity index (χ4v) is 6.10. The molecule has 0 radical (unpaired) electrons. The molecule has 0 bridgehead atoms. The lowest BCUT2D eigenvalue weighted by molar-refractivity contribution is -0.315. The van der Waals surface area contributed by atoms with Crippen LogP contribution < -0.4 is 19.9 Å². The van der Waals surface area contributed by atoms with E-state index in [9.17, 15) is 34.0 Å². The van der Waals surface area contributed by atoms with E-state index in [0.29, 0.717) is 4.90 Å². The fraction of sp³-hybridized carbons (Fsp3) is 0.742. The number of phosphoric acid groups is 1. The molecule has 3 amide bonds. The molecule has 2 saturated heterocycles. The summed E-state index contributed by atoms with van der Waals surface area (Å²) in [6.07, 6.45) is -10.1. The molecule has 298 valence electrons. The maximum absolute atomic E-state index is 14.1. The predicted octanol–water partition coefficient (Wildman–Crippen LogP) is 4.58. The number of aromatic nitrogens is 2. The van der Waals surface area contributed by atoms with Crippen molar-refractivity contribution in [2.75, 3.05) is 28.8 Å². The van der Waals surface area contributed by atoms with Crippen LogP contribution in [-0.4, -0.2) is 111 Å². The van der Waals surface area contributed by atoms with Crippen molar-refractivity contribution in [2.45, 2.75) is 136 Å². The number of hydrogen-bond donors (Lipinski definition) is 3. The maximum atomic E-state index is 14.1. The van der Waals surface area contributed by atoms with Gasteiger partial charge in [-0.05, 0) is 83.1 Å². The summed E-state index contributed by atoms with van der Waals surface area (Å²) in [5, 5.41) is 26.0. The van der Waals surface area contributed by atoms with Gasteiger partial charge in [-0.3, -0.25) is 13.6 Å². The molecule has 22 heteroatoms. The second-order valence-corrected chi connectivity index (χ2v) is 17.9. The number of hydrogen-bond acceptors (Lipinski definition) is 19. The normalized spacial score (nSPS) is 25.4. The van der Waals surface area contributed by atoms with Gasteiger partial charge in [-0.2, -0.15) is 9.97 Å². The highest BCUT2D eigenvalue weighted by atomic mass is 31.2. The number of nitrogens with one attached hydrogen (secondary N) is 1. The third-order valence-electron chi connectivity index (χ3n) is 6.82. The van der Waals surface area contributed by atoms with E-state index in [4.69, 9.17) is 42.0 Å². The van der Waals surface area contributed by atoms with Crippen molar-refractivity contribution in [3.63, 3.8) is 0 Å². The molecular weight excluding hydrogens is 729 g/mol. The molecule has 5 atom stereocenters. The molecule has 1 aromatic heterocycles. The first kappa shape index (κ1) is 41.9. The molecule has 0 spiro atoms. The van der Waals surface area contributed by atoms with Gasteiger partial charge in [0, 0.05) is 7.11 Å². The highest BCUT2D eigenvalue weighted by Gasteiger charge is 2.65. The molecule has 3 aliphatic rings. The van der Waals surface area contributed by atoms with Gasteiger partial charge in [-0.25, -0.2) is 28.6 Å². The average molecular weight is 778 g/mol. The van der Waals surface area contributed by atoms with Crippen LogP contribution in [0.2, 0.25) is 0 Å². The van der Waals surface area contributed by atoms with Gasteiger partial charge in [-0.1, -0.05) is 0 Å². The van der Waals surface area contributed by atoms with Crippen LogP contribution in [0.1, 0.15) is 83.1 Å². The largest absolute Gasteiger partial charge is 0.515 e. The first-order valence-corrected chi connectivity index (χ1v) is 17.9. The summed E-state index contributed by atoms with van der Waals surface area (Å²) < 4.78 is 61.7. The summed E-state index contributed by atoms with van der Waals surface area (Å²) in [6.45, 7) is 17.9. The number of phosphoric ester groups is 1. The number of imide groups is 1. The van der Waals surface area contributed by atoms with E-state index in [0.717, 1.165) is 12.0 Å². The Bertz CT molecular complexity index is 1630. The highest BCUT2D eigenvalue weighted by Crippen LogP contribution is 2.57. The SMILES string of the molecule is COP1(=O)OCC2OC3C(Nc4c(OC(=O)OC(C)(C)C)nc(N(C(=O)OC(C)(C)C)C(=O)OC(C)(C)C)nc4N3C(=O)OC(C)(C)C)C(O)(O)C2O1. The molecule has 1 aromatic rings. The van der Waals surface area contributed by atoms with Crippen LogP contribution in [0.5, 0.6) is 5.88 Å². The van der Waals surface area contributed by atoms with E-state index in [-0.39, 0.29) is 0 Å². The number of carbonyl (C=O) groups excluding carboxylic acids is 4. The van der Waals surface area contributed by atoms with E-state index in [1.54, 1.807) is 41.5 Å². The van der Waals surface area contributed by atoms with Crippen molar-refractivity contribution >= 4 is 49.7 Å². The Hall–Kier alpha value is -3.85. The Morgan fingerprint density at radius 1 is 0.868 bits per heavy atom. The molecule has 53 heavy (non-hydrogen) atoms. The van der Waals surface area contributed by atoms with Gasteiger partial charge in [0.05, 0.1) is 6.61 Å². The number of ether oxygens (including phenoxy) is 6. The van der Waals surface area contributed by atoms with Gasteiger partial charge < -0.3 is 44.0 Å². The van der Waals surface area contributed by atoms with Crippen molar-refractivity contribution in [3.8, 4) is 5.88 Å². The van der Waals surface area contributed by atoms with Gasteiger partial charge in [0.25, 0.3) is 5.88 Å². The lowest BCUT2D eigenvalue weighted by Crippen LogP contribution is -2.75. The quantitative estimate of drug-likeness (QED) is 0.164. The number of rotatable bonds is 3. The molecule has 3 aliphatic heterocycles. The second kappa shape index (κ2) is 14.1. The maximum Gasteiger partial charge on any atom is 0.515 e. The Balaban J connectivity index is 2.01. The van der Waals surface area contributed by atoms with Crippen molar-refractivity contribution in [1.82, 2.24) is 9.97 Å². The molecule has 0 aromatic carbocycles. The molecular formula is C31H48N5O16P. The number of carbonyl (C=O) groups is 4. The van der Waals surface area contributed by atoms with E-state index in [2.05, 4.69) is 15.3 Å². The highest BCUT2D eigenvalue weighted by molar-refractivity contribution is 7.48. The van der Waals surface area contributed by atoms with Gasteiger partial charge in [0.2, 0.25) is 11.7 Å². The summed E-state index contributed by atoms with van der Waals surface area (Å²) in [5.74, 6) is -5.20. The molecule has 3 N–H and O–H groups in total. The Morgan fingerprint density at radius 3 is 1.89 bits per heavy atom. The lowest BCUT2D eigenvalue weighted by Gasteiger charge is -2.54. The molecule has 2 fully saturated rings. The average Bonchev–Trinajstić information content (AvgIpc) is 2.93. The second-order valence-electron chi connectivity index (χ2n) is 16.2. The standard InChI is InChI=1S/C31H48N5O16P/c1-27(2,3)48-23(37)35-19-16(32-17-21(35)46-15-14-45-53(43,44-13)52-18(15)31(17,41)42)20(47-26(40)51-30(10,11)12)34-22(33-19)36(24(38)49-28(4,5)6)25(39)50-29(7,8)9/h15,17-18,21,32,41-42H,14H2,1-13H3. The van der Waals surface area contributed by atoms with Crippen LogP contribution in [0.4, 0.5) is 36.6 Å². The molecule has 5 unspecified atom stereocenters. The summed E-state index contributed by atoms with van der Waals surface area (Å²) in [5.41, 5.74) is -5.06. The summed E-state index contributed by atoms with van der Waals surface area (Å²) >= 11 is 0. The fourth-order valence-electron chi connectivity index (χ4n) is 4.95. The minimum Gasteiger partial charge on any atom is -0.443 e. The lowest BCUT2D eigenvalue weighted by atomic mass is 9.90. The van der Waals surface area contributed by atoms with Crippen molar-refractivity contribution in [3.05, 3.63) is 0 Å². The topological polar surface area (TPSA) is 253 Å². The van der Waals surface area contributed by atoms with Gasteiger partial charge in [-0.15, -0.1) is 4.90 Å². The third kappa shape index (κ3) is 9.83. The molecule has 0 saturated carbocycles. The van der Waals surface area contributed by atoms with Gasteiger partial charge >= 0.3 is 32.3 Å². The first-order chi connectivity index (χ1) is 23.9. The third-order valence-corrected chi connectivity index (χ3v) is 8.21. The number of nitrogens with zero attached hydrogens (tertiary/aromatic N) is 4. The van der Waals surface area contributed by atoms with Crippen LogP contribution in [0, 0.1) is 0 Å². The van der Waals surface area contributed by atoms with Crippen molar-refractivity contribution < 1.29 is 75.9 Å². The summed E-state index contributed by atoms with van der Waals surface area (Å²) in [6, 6.07) is -1.82. The van der Waals surface area contributed by atoms with Gasteiger partial charge in [0.1, 0.15) is 40.2 Å². The predicted molar refractivity (Wildman–Crippen MR) is 181 cm³/mol. The van der Waals surface area contributed by atoms with Crippen LogP contribution in [0.25, 0.3) is 0 Å². The number of aliphatic hydroxyl groups is 2. The zero-order valence-corrected chi connectivity index (χ0v) is 32.8. The minimum absolute atomic E-state index is 0.309. The Kier molecular flexibility index (Phi) is 11.1. The van der Waals surface area contributed by atoms with E-state index < -0.39 is 115 Å². The molecule has 0 aliphatic carbocycles.